The Bertz CT molecular complexity index is 1370. The van der Waals surface area contributed by atoms with Crippen LogP contribution in [-0.4, -0.2) is 52.1 Å². The summed E-state index contributed by atoms with van der Waals surface area (Å²) in [4.78, 5) is 2.84. The van der Waals surface area contributed by atoms with E-state index in [1.54, 1.807) is 0 Å². The van der Waals surface area contributed by atoms with E-state index < -0.39 is 35.9 Å². The van der Waals surface area contributed by atoms with E-state index in [1.165, 1.54) is 6.07 Å². The summed E-state index contributed by atoms with van der Waals surface area (Å²) < 4.78 is 71.6. The van der Waals surface area contributed by atoms with Gasteiger partial charge < -0.3 is 18.9 Å². The fraction of sp³-hybridized carbons (Fsp3) is 0.333. The average molecular weight is 591 g/mol. The van der Waals surface area contributed by atoms with Gasteiger partial charge in [0.15, 0.2) is 0 Å². The number of benzene rings is 3. The zero-order chi connectivity index (χ0) is 27.4. The molecule has 3 aromatic rings. The van der Waals surface area contributed by atoms with Gasteiger partial charge in [-0.1, -0.05) is 30.3 Å². The van der Waals surface area contributed by atoms with Crippen LogP contribution < -0.4 is 68.9 Å². The molecular formula is C27H32N2Na2O6S2. The molecule has 0 aliphatic heterocycles. The summed E-state index contributed by atoms with van der Waals surface area (Å²) in [6.45, 7) is 11.5. The van der Waals surface area contributed by atoms with E-state index in [4.69, 9.17) is 0 Å². The first-order valence-corrected chi connectivity index (χ1v) is 15.0. The van der Waals surface area contributed by atoms with Gasteiger partial charge in [0.2, 0.25) is 0 Å². The monoisotopic (exact) mass is 590 g/mol. The number of rotatable bonds is 11. The first-order valence-electron chi connectivity index (χ1n) is 12.2. The van der Waals surface area contributed by atoms with E-state index in [9.17, 15) is 25.9 Å². The molecule has 0 bridgehead atoms. The third-order valence-electron chi connectivity index (χ3n) is 6.56. The molecule has 0 atom stereocenters. The number of hydrogen-bond donors (Lipinski definition) is 0. The topological polar surface area (TPSA) is 121 Å². The van der Waals surface area contributed by atoms with E-state index in [2.05, 4.69) is 37.5 Å². The predicted molar refractivity (Wildman–Crippen MR) is 143 cm³/mol. The molecule has 0 aliphatic carbocycles. The Morgan fingerprint density at radius 3 is 1.31 bits per heavy atom. The van der Waals surface area contributed by atoms with Gasteiger partial charge in [-0.15, -0.1) is 0 Å². The standard InChI is InChI=1S/C27H34N2O6S2.2Na/c1-5-28(6-2)22-13-9-20(10-14-22)27(21-11-15-23(16-12-21)29(7-3)8-4)25-18-17-24(36(30,31)32)19-26(25)37(33,34)35;;/h9-19,27H,5-8H2,1-4H3,(H,30,31,32)(H,33,34,35);;/q;2*+1/p-2. The quantitative estimate of drug-likeness (QED) is 0.148. The summed E-state index contributed by atoms with van der Waals surface area (Å²) in [5.74, 6) is -0.696. The minimum Gasteiger partial charge on any atom is -0.744 e. The molecular weight excluding hydrogens is 558 g/mol. The average Bonchev–Trinajstić information content (AvgIpc) is 2.86. The molecule has 0 spiro atoms. The van der Waals surface area contributed by atoms with Crippen molar-refractivity contribution in [3.8, 4) is 0 Å². The van der Waals surface area contributed by atoms with Crippen LogP contribution in [-0.2, 0) is 20.2 Å². The normalized spacial score (nSPS) is 11.5. The van der Waals surface area contributed by atoms with Crippen LogP contribution in [0.2, 0.25) is 0 Å². The molecule has 8 nitrogen and oxygen atoms in total. The number of anilines is 2. The van der Waals surface area contributed by atoms with Gasteiger partial charge in [-0.05, 0) is 80.8 Å². The molecule has 0 aromatic heterocycles. The molecule has 0 unspecified atom stereocenters. The van der Waals surface area contributed by atoms with Crippen LogP contribution in [0.1, 0.15) is 50.3 Å². The van der Waals surface area contributed by atoms with Crippen molar-refractivity contribution in [2.24, 2.45) is 0 Å². The molecule has 39 heavy (non-hydrogen) atoms. The molecule has 0 aliphatic rings. The van der Waals surface area contributed by atoms with Crippen molar-refractivity contribution in [2.75, 3.05) is 36.0 Å². The van der Waals surface area contributed by atoms with Crippen LogP contribution in [0.15, 0.2) is 76.5 Å². The minimum atomic E-state index is -5.11. The van der Waals surface area contributed by atoms with Gasteiger partial charge in [0.25, 0.3) is 0 Å². The van der Waals surface area contributed by atoms with Crippen molar-refractivity contribution in [2.45, 2.75) is 43.4 Å². The van der Waals surface area contributed by atoms with Gasteiger partial charge in [0.1, 0.15) is 20.2 Å². The molecule has 0 amide bonds. The Labute approximate surface area is 276 Å². The van der Waals surface area contributed by atoms with Crippen molar-refractivity contribution in [1.29, 1.82) is 0 Å². The summed E-state index contributed by atoms with van der Waals surface area (Å²) >= 11 is 0. The summed E-state index contributed by atoms with van der Waals surface area (Å²) in [6, 6.07) is 18.2. The summed E-state index contributed by atoms with van der Waals surface area (Å²) in [7, 11) is -10.1. The Morgan fingerprint density at radius 1 is 0.615 bits per heavy atom. The van der Waals surface area contributed by atoms with Gasteiger partial charge in [0.05, 0.1) is 9.79 Å². The number of nitrogens with zero attached hydrogens (tertiary/aromatic N) is 2. The molecule has 12 heteroatoms. The van der Waals surface area contributed by atoms with Crippen molar-refractivity contribution in [1.82, 2.24) is 0 Å². The van der Waals surface area contributed by atoms with E-state index >= 15 is 0 Å². The smallest absolute Gasteiger partial charge is 0.744 e. The van der Waals surface area contributed by atoms with Crippen molar-refractivity contribution in [3.05, 3.63) is 83.4 Å². The molecule has 200 valence electrons. The fourth-order valence-corrected chi connectivity index (χ4v) is 5.93. The van der Waals surface area contributed by atoms with Crippen molar-refractivity contribution < 1.29 is 85.1 Å². The van der Waals surface area contributed by atoms with Gasteiger partial charge in [-0.2, -0.15) is 0 Å². The van der Waals surface area contributed by atoms with E-state index in [1.807, 2.05) is 48.5 Å². The third-order valence-corrected chi connectivity index (χ3v) is 8.29. The van der Waals surface area contributed by atoms with Crippen molar-refractivity contribution in [3.63, 3.8) is 0 Å². The van der Waals surface area contributed by atoms with Crippen LogP contribution in [0.5, 0.6) is 0 Å². The van der Waals surface area contributed by atoms with Crippen LogP contribution in [0.25, 0.3) is 0 Å². The molecule has 0 radical (unpaired) electrons. The maximum atomic E-state index is 12.3. The Morgan fingerprint density at radius 2 is 1.00 bits per heavy atom. The van der Waals surface area contributed by atoms with Crippen molar-refractivity contribution >= 4 is 31.6 Å². The van der Waals surface area contributed by atoms with E-state index in [0.717, 1.165) is 43.6 Å². The maximum Gasteiger partial charge on any atom is 1.00 e. The minimum absolute atomic E-state index is 0. The fourth-order valence-electron chi connectivity index (χ4n) is 4.61. The summed E-state index contributed by atoms with van der Waals surface area (Å²) in [6.07, 6.45) is 0. The van der Waals surface area contributed by atoms with Gasteiger partial charge in [0, 0.05) is 43.5 Å². The largest absolute Gasteiger partial charge is 1.00 e. The molecule has 0 saturated heterocycles. The zero-order valence-corrected chi connectivity index (χ0v) is 29.1. The predicted octanol–water partition coefficient (Wildman–Crippen LogP) is -1.62. The molecule has 0 N–H and O–H groups in total. The van der Waals surface area contributed by atoms with Gasteiger partial charge in [-0.3, -0.25) is 0 Å². The molecule has 0 heterocycles. The molecule has 0 fully saturated rings. The van der Waals surface area contributed by atoms with Crippen LogP contribution in [0.3, 0.4) is 0 Å². The second kappa shape index (κ2) is 15.3. The first-order chi connectivity index (χ1) is 17.4. The molecule has 3 rings (SSSR count). The Hall–Kier alpha value is -0.920. The van der Waals surface area contributed by atoms with Gasteiger partial charge >= 0.3 is 59.1 Å². The zero-order valence-electron chi connectivity index (χ0n) is 23.4. The van der Waals surface area contributed by atoms with E-state index in [-0.39, 0.29) is 64.7 Å². The van der Waals surface area contributed by atoms with Crippen LogP contribution in [0, 0.1) is 0 Å². The SMILES string of the molecule is CCN(CC)c1ccc(C(c2ccc(N(CC)CC)cc2)c2ccc(S(=O)(=O)[O-])cc2S(=O)(=O)[O-])cc1.[Na+].[Na+]. The van der Waals surface area contributed by atoms with E-state index in [0.29, 0.717) is 17.2 Å². The molecule has 3 aromatic carbocycles. The second-order valence-corrected chi connectivity index (χ2v) is 11.3. The summed E-state index contributed by atoms with van der Waals surface area (Å²) in [5.41, 5.74) is 3.53. The second-order valence-electron chi connectivity index (χ2n) is 8.57. The Balaban J connectivity index is 0.00000380. The summed E-state index contributed by atoms with van der Waals surface area (Å²) in [5, 5.41) is 0. The Kier molecular flexibility index (Phi) is 14.2. The number of hydrogen-bond acceptors (Lipinski definition) is 8. The van der Waals surface area contributed by atoms with Crippen LogP contribution in [0.4, 0.5) is 11.4 Å². The first kappa shape index (κ1) is 36.1. The van der Waals surface area contributed by atoms with Gasteiger partial charge in [-0.25, -0.2) is 16.8 Å². The maximum absolute atomic E-state index is 12.3. The molecule has 0 saturated carbocycles. The third kappa shape index (κ3) is 8.78. The van der Waals surface area contributed by atoms with Crippen LogP contribution >= 0.6 is 0 Å².